The molecule has 2 fully saturated rings. The fraction of sp³-hybridized carbons (Fsp3) is 0.655. The van der Waals surface area contributed by atoms with E-state index in [9.17, 15) is 9.59 Å². The van der Waals surface area contributed by atoms with Gasteiger partial charge in [0.05, 0.1) is 20.5 Å². The van der Waals surface area contributed by atoms with Gasteiger partial charge in [0, 0.05) is 30.3 Å². The van der Waals surface area contributed by atoms with Crippen LogP contribution in [-0.2, 0) is 17.6 Å². The van der Waals surface area contributed by atoms with Gasteiger partial charge >= 0.3 is 0 Å². The van der Waals surface area contributed by atoms with E-state index in [-0.39, 0.29) is 17.1 Å². The highest BCUT2D eigenvalue weighted by atomic mass is 32.2. The second-order valence-electron chi connectivity index (χ2n) is 12.0. The summed E-state index contributed by atoms with van der Waals surface area (Å²) in [4.78, 5) is 41.2. The summed E-state index contributed by atoms with van der Waals surface area (Å²) in [6.45, 7) is 10.0. The molecule has 5 rings (SSSR count). The molecule has 2 saturated heterocycles. The van der Waals surface area contributed by atoms with Crippen molar-refractivity contribution in [2.75, 3.05) is 45.2 Å². The molecule has 38 heavy (non-hydrogen) atoms. The van der Waals surface area contributed by atoms with Crippen molar-refractivity contribution in [1.29, 1.82) is 0 Å². The second kappa shape index (κ2) is 11.6. The third-order valence-electron chi connectivity index (χ3n) is 8.50. The summed E-state index contributed by atoms with van der Waals surface area (Å²) < 4.78 is 1.16. The third-order valence-corrected chi connectivity index (χ3v) is 11.7. The molecular weight excluding hydrogens is 533 g/mol. The summed E-state index contributed by atoms with van der Waals surface area (Å²) in [5.41, 5.74) is 4.00. The fourth-order valence-corrected chi connectivity index (χ4v) is 8.95. The van der Waals surface area contributed by atoms with E-state index in [0.717, 1.165) is 82.1 Å². The Balaban J connectivity index is 1.32. The van der Waals surface area contributed by atoms with Gasteiger partial charge in [0.2, 0.25) is 0 Å². The first-order valence-electron chi connectivity index (χ1n) is 13.9. The Morgan fingerprint density at radius 1 is 1.05 bits per heavy atom. The zero-order valence-corrected chi connectivity index (χ0v) is 25.8. The number of Topliss-reactive ketones (excluding diaryl/α,β-unsaturated/α-hetero) is 1. The highest BCUT2D eigenvalue weighted by molar-refractivity contribution is 8.00. The predicted octanol–water partition coefficient (Wildman–Crippen LogP) is 5.93. The number of carbonyl (C=O) groups excluding carboxylic acids is 2. The van der Waals surface area contributed by atoms with E-state index < -0.39 is 0 Å². The van der Waals surface area contributed by atoms with Crippen molar-refractivity contribution in [3.8, 4) is 11.3 Å². The summed E-state index contributed by atoms with van der Waals surface area (Å²) in [5, 5.41) is 0.635. The number of amides is 1. The number of rotatable bonds is 6. The molecule has 0 saturated carbocycles. The van der Waals surface area contributed by atoms with Crippen LogP contribution in [0.25, 0.3) is 11.3 Å². The lowest BCUT2D eigenvalue weighted by Crippen LogP contribution is -2.42. The molecular formula is C29H40N4O2S3. The number of carbonyl (C=O) groups is 2. The summed E-state index contributed by atoms with van der Waals surface area (Å²) >= 11 is 4.75. The quantitative estimate of drug-likeness (QED) is 0.314. The molecule has 0 unspecified atom stereocenters. The minimum absolute atomic E-state index is 0.192. The van der Waals surface area contributed by atoms with E-state index in [1.54, 1.807) is 23.1 Å². The highest BCUT2D eigenvalue weighted by Gasteiger charge is 2.34. The van der Waals surface area contributed by atoms with E-state index in [4.69, 9.17) is 4.98 Å². The Labute approximate surface area is 239 Å². The molecule has 0 N–H and O–H groups in total. The van der Waals surface area contributed by atoms with Crippen molar-refractivity contribution in [3.05, 3.63) is 22.2 Å². The molecule has 6 nitrogen and oxygen atoms in total. The molecule has 3 aliphatic rings. The van der Waals surface area contributed by atoms with Crippen molar-refractivity contribution >= 4 is 46.6 Å². The molecule has 1 aliphatic carbocycles. The smallest absolute Gasteiger partial charge is 0.264 e. The molecule has 0 spiro atoms. The van der Waals surface area contributed by atoms with Gasteiger partial charge in [-0.2, -0.15) is 0 Å². The maximum absolute atomic E-state index is 13.8. The van der Waals surface area contributed by atoms with Crippen LogP contribution in [0.2, 0.25) is 0 Å². The van der Waals surface area contributed by atoms with Gasteiger partial charge in [-0.25, -0.2) is 9.97 Å². The van der Waals surface area contributed by atoms with E-state index in [1.165, 1.54) is 37.7 Å². The largest absolute Gasteiger partial charge is 0.338 e. The average Bonchev–Trinajstić information content (AvgIpc) is 3.30. The molecule has 4 heterocycles. The van der Waals surface area contributed by atoms with E-state index >= 15 is 0 Å². The highest BCUT2D eigenvalue weighted by Crippen LogP contribution is 2.46. The van der Waals surface area contributed by atoms with Crippen molar-refractivity contribution in [1.82, 2.24) is 19.8 Å². The molecule has 1 amide bonds. The topological polar surface area (TPSA) is 66.4 Å². The lowest BCUT2D eigenvalue weighted by atomic mass is 9.79. The summed E-state index contributed by atoms with van der Waals surface area (Å²) in [6.07, 6.45) is 10.6. The first-order valence-corrected chi connectivity index (χ1v) is 16.9. The average molecular weight is 573 g/mol. The predicted molar refractivity (Wildman–Crippen MR) is 159 cm³/mol. The third kappa shape index (κ3) is 5.86. The molecule has 0 aromatic carbocycles. The van der Waals surface area contributed by atoms with Crippen LogP contribution >= 0.6 is 34.9 Å². The van der Waals surface area contributed by atoms with Crippen LogP contribution in [0, 0.1) is 17.3 Å². The van der Waals surface area contributed by atoms with Crippen molar-refractivity contribution in [3.63, 3.8) is 0 Å². The number of aryl methyl sites for hydroxylation is 1. The molecule has 0 atom stereocenters. The lowest BCUT2D eigenvalue weighted by Gasteiger charge is -2.39. The summed E-state index contributed by atoms with van der Waals surface area (Å²) in [7, 11) is 2.22. The summed E-state index contributed by atoms with van der Waals surface area (Å²) in [6, 6.07) is 0. The first-order chi connectivity index (χ1) is 18.2. The monoisotopic (exact) mass is 572 g/mol. The Morgan fingerprint density at radius 3 is 2.34 bits per heavy atom. The van der Waals surface area contributed by atoms with Crippen molar-refractivity contribution < 1.29 is 9.59 Å². The molecule has 206 valence electrons. The number of piperidine rings is 2. The SMILES string of the molecule is CSc1sc(C(=O)N2CCC(C3CCN(C)CC3)CC2)c2c1-c1nc(SCC(=O)C(C)(C)C)ncc1CC2. The van der Waals surface area contributed by atoms with E-state index in [0.29, 0.717) is 10.9 Å². The van der Waals surface area contributed by atoms with Crippen LogP contribution < -0.4 is 0 Å². The molecule has 9 heteroatoms. The number of hydrogen-bond donors (Lipinski definition) is 0. The molecule has 2 aromatic rings. The number of thiophene rings is 1. The van der Waals surface area contributed by atoms with Crippen LogP contribution in [0.4, 0.5) is 0 Å². The van der Waals surface area contributed by atoms with Gasteiger partial charge in [-0.15, -0.1) is 23.1 Å². The normalized spacial score (nSPS) is 19.3. The number of fused-ring (bicyclic) bond motifs is 3. The van der Waals surface area contributed by atoms with Crippen molar-refractivity contribution in [2.45, 2.75) is 68.7 Å². The van der Waals surface area contributed by atoms with Crippen LogP contribution in [0.1, 0.15) is 67.3 Å². The van der Waals surface area contributed by atoms with E-state index in [1.807, 2.05) is 27.0 Å². The van der Waals surface area contributed by atoms with Crippen LogP contribution in [0.5, 0.6) is 0 Å². The number of nitrogens with zero attached hydrogens (tertiary/aromatic N) is 4. The minimum atomic E-state index is -0.370. The fourth-order valence-electron chi connectivity index (χ4n) is 5.92. The van der Waals surface area contributed by atoms with Gasteiger partial charge in [0.25, 0.3) is 5.91 Å². The maximum atomic E-state index is 13.8. The van der Waals surface area contributed by atoms with Gasteiger partial charge in [-0.1, -0.05) is 32.5 Å². The second-order valence-corrected chi connectivity index (χ2v) is 15.1. The zero-order valence-electron chi connectivity index (χ0n) is 23.3. The van der Waals surface area contributed by atoms with E-state index in [2.05, 4.69) is 28.1 Å². The Hall–Kier alpha value is -1.42. The van der Waals surface area contributed by atoms with Crippen molar-refractivity contribution in [2.24, 2.45) is 17.3 Å². The first kappa shape index (κ1) is 28.1. The molecule has 2 aliphatic heterocycles. The minimum Gasteiger partial charge on any atom is -0.338 e. The van der Waals surface area contributed by atoms with Gasteiger partial charge in [0.1, 0.15) is 5.78 Å². The molecule has 0 radical (unpaired) electrons. The summed E-state index contributed by atoms with van der Waals surface area (Å²) in [5.74, 6) is 2.35. The molecule has 0 bridgehead atoms. The van der Waals surface area contributed by atoms with Crippen LogP contribution in [0.15, 0.2) is 15.6 Å². The number of likely N-dealkylation sites (tertiary alicyclic amines) is 2. The standard InChI is InChI=1S/C29H40N4O2S3/c1-29(2,3)22(34)17-37-28-30-16-20-6-7-21-23(24(20)31-28)27(36-5)38-25(21)26(35)33-14-10-19(11-15-33)18-8-12-32(4)13-9-18/h16,18-19H,6-15,17H2,1-5H3. The van der Waals surface area contributed by atoms with Gasteiger partial charge in [0.15, 0.2) is 5.16 Å². The van der Waals surface area contributed by atoms with Gasteiger partial charge < -0.3 is 9.80 Å². The van der Waals surface area contributed by atoms with Crippen LogP contribution in [-0.4, -0.2) is 76.7 Å². The zero-order chi connectivity index (χ0) is 27.0. The Morgan fingerprint density at radius 2 is 1.71 bits per heavy atom. The van der Waals surface area contributed by atoms with Gasteiger partial charge in [-0.3, -0.25) is 9.59 Å². The van der Waals surface area contributed by atoms with Crippen LogP contribution in [0.3, 0.4) is 0 Å². The Kier molecular flexibility index (Phi) is 8.58. The number of thioether (sulfide) groups is 2. The van der Waals surface area contributed by atoms with Gasteiger partial charge in [-0.05, 0) is 87.9 Å². The maximum Gasteiger partial charge on any atom is 0.264 e. The molecule has 2 aromatic heterocycles. The number of ketones is 1. The number of hydrogen-bond acceptors (Lipinski definition) is 8. The number of aromatic nitrogens is 2. The lowest BCUT2D eigenvalue weighted by molar-refractivity contribution is -0.123. The Bertz CT molecular complexity index is 1190.